The van der Waals surface area contributed by atoms with Crippen molar-refractivity contribution in [3.05, 3.63) is 36.5 Å². The number of pyridine rings is 1. The molecule has 0 bridgehead atoms. The van der Waals surface area contributed by atoms with E-state index in [9.17, 15) is 27.6 Å². The SMILES string of the molecule is COCCOc1cnc(O[C@@H]2C[C@H]3C(=O)N[C@]4(C(=O)NS(=O)(=O)C5(C)CC5)C[C@H]4/C=C\CC[C@@H](C)[C@@H](C)[C@H](NC(=O)OC(C)(C)C)C(=O)N3C2)c2ccc(OC)cc12. The molecule has 0 unspecified atom stereocenters. The number of methoxy groups -OCH3 is 2. The van der Waals surface area contributed by atoms with E-state index in [4.69, 9.17) is 23.7 Å². The fourth-order valence-electron chi connectivity index (χ4n) is 7.58. The van der Waals surface area contributed by atoms with Crippen molar-refractivity contribution in [3.8, 4) is 17.4 Å². The molecule has 3 N–H and O–H groups in total. The molecule has 4 amide bonds. The minimum absolute atomic E-state index is 0.000653. The summed E-state index contributed by atoms with van der Waals surface area (Å²) in [5.74, 6) is -1.63. The molecule has 2 aliphatic heterocycles. The average molecular weight is 828 g/mol. The van der Waals surface area contributed by atoms with Crippen LogP contribution in [0.3, 0.4) is 0 Å². The molecule has 2 saturated carbocycles. The van der Waals surface area contributed by atoms with Crippen LogP contribution in [0.5, 0.6) is 17.4 Å². The lowest BCUT2D eigenvalue weighted by Gasteiger charge is -2.34. The maximum atomic E-state index is 14.9. The van der Waals surface area contributed by atoms with E-state index in [1.807, 2.05) is 26.0 Å². The Morgan fingerprint density at radius 3 is 2.50 bits per heavy atom. The van der Waals surface area contributed by atoms with Crippen LogP contribution in [0.2, 0.25) is 0 Å². The molecule has 0 radical (unpaired) electrons. The monoisotopic (exact) mass is 827 g/mol. The highest BCUT2D eigenvalue weighted by Gasteiger charge is 2.63. The number of allylic oxidation sites excluding steroid dienone is 1. The summed E-state index contributed by atoms with van der Waals surface area (Å²) in [6.07, 6.45) is 6.02. The number of nitrogens with zero attached hydrogens (tertiary/aromatic N) is 2. The van der Waals surface area contributed by atoms with Crippen LogP contribution < -0.4 is 29.6 Å². The third kappa shape index (κ3) is 9.14. The predicted octanol–water partition coefficient (Wildman–Crippen LogP) is 4.01. The largest absolute Gasteiger partial charge is 0.497 e. The van der Waals surface area contributed by atoms with Gasteiger partial charge in [-0.25, -0.2) is 18.2 Å². The van der Waals surface area contributed by atoms with Crippen LogP contribution in [0.1, 0.15) is 80.1 Å². The van der Waals surface area contributed by atoms with Crippen molar-refractivity contribution in [3.63, 3.8) is 0 Å². The molecule has 0 spiro atoms. The second-order valence-corrected chi connectivity index (χ2v) is 19.5. The van der Waals surface area contributed by atoms with Gasteiger partial charge in [0.25, 0.3) is 5.91 Å². The zero-order valence-corrected chi connectivity index (χ0v) is 35.4. The minimum atomic E-state index is -4.01. The normalized spacial score (nSPS) is 28.9. The van der Waals surface area contributed by atoms with Crippen molar-refractivity contribution >= 4 is 44.6 Å². The maximum absolute atomic E-state index is 14.9. The van der Waals surface area contributed by atoms with Gasteiger partial charge in [0.15, 0.2) is 0 Å². The number of sulfonamides is 1. The summed E-state index contributed by atoms with van der Waals surface area (Å²) in [5.41, 5.74) is -2.39. The summed E-state index contributed by atoms with van der Waals surface area (Å²) in [6, 6.07) is 3.08. The van der Waals surface area contributed by atoms with Crippen molar-refractivity contribution in [2.24, 2.45) is 17.8 Å². The highest BCUT2D eigenvalue weighted by molar-refractivity contribution is 7.91. The molecule has 6 rings (SSSR count). The Balaban J connectivity index is 1.35. The van der Waals surface area contributed by atoms with Gasteiger partial charge in [0.05, 0.1) is 31.2 Å². The number of carbonyl (C=O) groups excluding carboxylic acids is 4. The van der Waals surface area contributed by atoms with E-state index in [-0.39, 0.29) is 43.7 Å². The van der Waals surface area contributed by atoms with Crippen LogP contribution in [0.25, 0.3) is 10.8 Å². The Bertz CT molecular complexity index is 2050. The second-order valence-electron chi connectivity index (χ2n) is 17.3. The summed E-state index contributed by atoms with van der Waals surface area (Å²) in [7, 11) is -0.887. The molecule has 3 heterocycles. The molecule has 4 aliphatic rings. The Morgan fingerprint density at radius 1 is 1.09 bits per heavy atom. The molecule has 3 fully saturated rings. The standard InChI is InChI=1S/C41H57N5O11S/c1-24-11-9-10-12-26-21-41(26,37(49)45-58(51,52)40(6)15-16-40)44-34(47)31-20-28(23-46(31)36(48)33(25(24)2)43-38(50)57-39(3,4)5)56-35-29-14-13-27(54-8)19-30(29)32(22-42-35)55-18-17-53-7/h10,12-14,19,22,24-26,28,31,33H,9,11,15-18,20-21,23H2,1-8H3,(H,43,50)(H,44,47)(H,45,49)/b12-10-/t24-,25-,26-,28-,31+,33+,41-/m1/s1. The van der Waals surface area contributed by atoms with Gasteiger partial charge < -0.3 is 39.2 Å². The Labute approximate surface area is 340 Å². The lowest BCUT2D eigenvalue weighted by atomic mass is 9.85. The lowest BCUT2D eigenvalue weighted by Crippen LogP contribution is -2.60. The fourth-order valence-corrected chi connectivity index (χ4v) is 8.89. The van der Waals surface area contributed by atoms with Crippen molar-refractivity contribution in [2.45, 2.75) is 114 Å². The first-order valence-electron chi connectivity index (χ1n) is 19.9. The summed E-state index contributed by atoms with van der Waals surface area (Å²) < 4.78 is 56.3. The first-order valence-corrected chi connectivity index (χ1v) is 21.4. The number of aromatic nitrogens is 1. The molecule has 1 aromatic heterocycles. The number of carbonyl (C=O) groups is 4. The first-order chi connectivity index (χ1) is 27.3. The Hall–Kier alpha value is -4.64. The molecule has 1 saturated heterocycles. The number of fused-ring (bicyclic) bond motifs is 3. The van der Waals surface area contributed by atoms with Gasteiger partial charge in [0.1, 0.15) is 47.4 Å². The van der Waals surface area contributed by atoms with E-state index in [2.05, 4.69) is 20.3 Å². The summed E-state index contributed by atoms with van der Waals surface area (Å²) in [4.78, 5) is 62.5. The van der Waals surface area contributed by atoms with Crippen LogP contribution in [0.4, 0.5) is 4.79 Å². The highest BCUT2D eigenvalue weighted by atomic mass is 32.2. The van der Waals surface area contributed by atoms with Gasteiger partial charge in [0, 0.05) is 30.2 Å². The van der Waals surface area contributed by atoms with Crippen LogP contribution in [-0.4, -0.2) is 110 Å². The number of nitrogens with one attached hydrogen (secondary N) is 3. The van der Waals surface area contributed by atoms with Gasteiger partial charge >= 0.3 is 6.09 Å². The number of alkyl carbamates (subject to hydrolysis) is 1. The lowest BCUT2D eigenvalue weighted by molar-refractivity contribution is -0.142. The van der Waals surface area contributed by atoms with Gasteiger partial charge in [-0.15, -0.1) is 0 Å². The van der Waals surface area contributed by atoms with E-state index < -0.39 is 73.8 Å². The van der Waals surface area contributed by atoms with Gasteiger partial charge in [0.2, 0.25) is 27.7 Å². The van der Waals surface area contributed by atoms with E-state index in [1.54, 1.807) is 60.1 Å². The quantitative estimate of drug-likeness (QED) is 0.218. The van der Waals surface area contributed by atoms with Gasteiger partial charge in [-0.3, -0.25) is 19.1 Å². The van der Waals surface area contributed by atoms with Crippen LogP contribution >= 0.6 is 0 Å². The molecular formula is C41H57N5O11S. The van der Waals surface area contributed by atoms with Crippen LogP contribution in [0.15, 0.2) is 36.5 Å². The van der Waals surface area contributed by atoms with E-state index in [0.717, 1.165) is 0 Å². The van der Waals surface area contributed by atoms with Crippen LogP contribution in [-0.2, 0) is 33.9 Å². The number of hydrogen-bond acceptors (Lipinski definition) is 12. The molecule has 1 aromatic carbocycles. The highest BCUT2D eigenvalue weighted by Crippen LogP contribution is 2.48. The van der Waals surface area contributed by atoms with Gasteiger partial charge in [-0.2, -0.15) is 0 Å². The molecule has 16 nitrogen and oxygen atoms in total. The summed E-state index contributed by atoms with van der Waals surface area (Å²) in [6.45, 7) is 11.2. The van der Waals surface area contributed by atoms with Crippen molar-refractivity contribution < 1.29 is 51.3 Å². The topological polar surface area (TPSA) is 201 Å². The maximum Gasteiger partial charge on any atom is 0.408 e. The summed E-state index contributed by atoms with van der Waals surface area (Å²) in [5, 5.41) is 6.95. The number of amides is 4. The fraction of sp³-hybridized carbons (Fsp3) is 0.634. The zero-order chi connectivity index (χ0) is 42.2. The number of hydrogen-bond donors (Lipinski definition) is 3. The molecule has 17 heteroatoms. The summed E-state index contributed by atoms with van der Waals surface area (Å²) >= 11 is 0. The van der Waals surface area contributed by atoms with Gasteiger partial charge in [-0.1, -0.05) is 26.0 Å². The number of benzene rings is 1. The van der Waals surface area contributed by atoms with E-state index in [0.29, 0.717) is 54.6 Å². The van der Waals surface area contributed by atoms with E-state index >= 15 is 0 Å². The molecule has 2 aliphatic carbocycles. The van der Waals surface area contributed by atoms with Crippen molar-refractivity contribution in [1.82, 2.24) is 25.2 Å². The average Bonchev–Trinajstić information content (AvgIpc) is 4.04. The number of rotatable bonds is 11. The third-order valence-corrected chi connectivity index (χ3v) is 14.0. The second kappa shape index (κ2) is 16.5. The van der Waals surface area contributed by atoms with Crippen molar-refractivity contribution in [2.75, 3.05) is 34.0 Å². The van der Waals surface area contributed by atoms with E-state index in [1.165, 1.54) is 11.1 Å². The molecule has 318 valence electrons. The molecular weight excluding hydrogens is 771 g/mol. The molecule has 2 aromatic rings. The van der Waals surface area contributed by atoms with Gasteiger partial charge in [-0.05, 0) is 89.8 Å². The minimum Gasteiger partial charge on any atom is -0.497 e. The van der Waals surface area contributed by atoms with Crippen LogP contribution in [0, 0.1) is 17.8 Å². The Kier molecular flexibility index (Phi) is 12.3. The predicted molar refractivity (Wildman–Crippen MR) is 214 cm³/mol. The number of ether oxygens (including phenoxy) is 5. The molecule has 58 heavy (non-hydrogen) atoms. The smallest absolute Gasteiger partial charge is 0.408 e. The molecule has 7 atom stereocenters. The first kappa shape index (κ1) is 43.0. The zero-order valence-electron chi connectivity index (χ0n) is 34.6. The Morgan fingerprint density at radius 2 is 1.83 bits per heavy atom. The van der Waals surface area contributed by atoms with Crippen molar-refractivity contribution in [1.29, 1.82) is 0 Å². The third-order valence-electron chi connectivity index (χ3n) is 11.8.